The number of carbonyl (C=O) groups is 2. The molecule has 0 spiro atoms. The molecule has 4 aromatic rings. The van der Waals surface area contributed by atoms with E-state index in [1.807, 2.05) is 24.3 Å². The second kappa shape index (κ2) is 25.7. The minimum absolute atomic E-state index is 0.149. The number of amides is 2. The smallest absolute Gasteiger partial charge is 0.257 e. The summed E-state index contributed by atoms with van der Waals surface area (Å²) in [5.74, 6) is 3.01. The van der Waals surface area contributed by atoms with Crippen molar-refractivity contribution in [2.75, 3.05) is 53.7 Å². The number of unbranched alkanes of at least 4 members (excludes halogenated alkanes) is 12. The van der Waals surface area contributed by atoms with Crippen molar-refractivity contribution in [1.29, 1.82) is 0 Å². The molecule has 0 aromatic heterocycles. The highest BCUT2D eigenvalue weighted by Crippen LogP contribution is 2.47. The monoisotopic (exact) mass is 803 g/mol. The van der Waals surface area contributed by atoms with Crippen molar-refractivity contribution in [1.82, 2.24) is 10.6 Å². The van der Waals surface area contributed by atoms with E-state index in [0.717, 1.165) is 135 Å². The van der Waals surface area contributed by atoms with E-state index < -0.39 is 0 Å². The first kappa shape index (κ1) is 46.1. The van der Waals surface area contributed by atoms with Gasteiger partial charge in [0.1, 0.15) is 0 Å². The number of fused-ring (bicyclic) bond motifs is 6. The average Bonchev–Trinajstić information content (AvgIpc) is 3.24. The van der Waals surface area contributed by atoms with E-state index in [1.54, 1.807) is 14.1 Å². The molecule has 0 aliphatic heterocycles. The zero-order valence-electron chi connectivity index (χ0n) is 36.3. The first-order valence-electron chi connectivity index (χ1n) is 22.1. The highest BCUT2D eigenvalue weighted by molar-refractivity contribution is 6.26. The van der Waals surface area contributed by atoms with Gasteiger partial charge in [0.05, 0.1) is 26.4 Å². The van der Waals surface area contributed by atoms with Crippen LogP contribution in [0.1, 0.15) is 130 Å². The molecule has 2 amide bonds. The second-order valence-electron chi connectivity index (χ2n) is 15.1. The van der Waals surface area contributed by atoms with Crippen LogP contribution in [0.4, 0.5) is 0 Å². The van der Waals surface area contributed by atoms with Crippen LogP contribution in [0.2, 0.25) is 0 Å². The van der Waals surface area contributed by atoms with Gasteiger partial charge in [-0.2, -0.15) is 0 Å². The molecule has 0 radical (unpaired) electrons. The standard InChI is InChI=1S/C48H70N2O8/c1-7-11-15-19-23-53-41-27-35-36(28-42(41)54-24-20-16-12-8-2)40-32-46(58-34-48(52)50-6)44(56-26-22-18-14-10-4)30-38(40)37-29-43(55-25-21-17-13-9-3)45(31-39(35)37)57-33-47(51)49-5/h27-32H,7-26,33-34H2,1-6H3,(H,49,51)(H,50,52). The number of hydrogen-bond donors (Lipinski definition) is 2. The van der Waals surface area contributed by atoms with Gasteiger partial charge in [0, 0.05) is 14.1 Å². The largest absolute Gasteiger partial charge is 0.490 e. The Hall–Kier alpha value is -4.60. The number of benzene rings is 4. The van der Waals surface area contributed by atoms with E-state index in [1.165, 1.54) is 0 Å². The number of ether oxygens (including phenoxy) is 6. The molecule has 0 heterocycles. The summed E-state index contributed by atoms with van der Waals surface area (Å²) in [4.78, 5) is 24.9. The van der Waals surface area contributed by atoms with Gasteiger partial charge in [-0.3, -0.25) is 9.59 Å². The predicted octanol–water partition coefficient (Wildman–Crippen LogP) is 11.2. The molecular weight excluding hydrogens is 733 g/mol. The summed E-state index contributed by atoms with van der Waals surface area (Å²) in [5.41, 5.74) is 0. The number of likely N-dealkylation sites (N-methyl/N-ethyl adjacent to an activating group) is 2. The molecule has 0 aliphatic rings. The highest BCUT2D eigenvalue weighted by atomic mass is 16.5. The Balaban J connectivity index is 2.00. The van der Waals surface area contributed by atoms with E-state index in [0.29, 0.717) is 60.9 Å². The predicted molar refractivity (Wildman–Crippen MR) is 237 cm³/mol. The van der Waals surface area contributed by atoms with Crippen molar-refractivity contribution >= 4 is 44.1 Å². The fourth-order valence-corrected chi connectivity index (χ4v) is 6.97. The number of hydrogen-bond acceptors (Lipinski definition) is 8. The topological polar surface area (TPSA) is 114 Å². The van der Waals surface area contributed by atoms with Crippen molar-refractivity contribution in [2.24, 2.45) is 0 Å². The van der Waals surface area contributed by atoms with Crippen molar-refractivity contribution in [3.8, 4) is 34.5 Å². The molecule has 0 atom stereocenters. The van der Waals surface area contributed by atoms with Gasteiger partial charge in [-0.25, -0.2) is 0 Å². The Morgan fingerprint density at radius 2 is 0.586 bits per heavy atom. The third-order valence-electron chi connectivity index (χ3n) is 10.4. The van der Waals surface area contributed by atoms with Gasteiger partial charge in [0.15, 0.2) is 47.7 Å². The van der Waals surface area contributed by atoms with Crippen LogP contribution in [0.3, 0.4) is 0 Å². The Morgan fingerprint density at radius 3 is 0.793 bits per heavy atom. The van der Waals surface area contributed by atoms with Crippen LogP contribution in [-0.2, 0) is 9.59 Å². The molecule has 4 aromatic carbocycles. The van der Waals surface area contributed by atoms with Gasteiger partial charge in [-0.1, -0.05) is 105 Å². The fraction of sp³-hybridized carbons (Fsp3) is 0.583. The van der Waals surface area contributed by atoms with E-state index in [4.69, 9.17) is 28.4 Å². The van der Waals surface area contributed by atoms with Crippen LogP contribution in [0.5, 0.6) is 34.5 Å². The molecule has 0 fully saturated rings. The van der Waals surface area contributed by atoms with Crippen LogP contribution in [-0.4, -0.2) is 65.6 Å². The molecule has 10 heteroatoms. The van der Waals surface area contributed by atoms with Crippen molar-refractivity contribution in [2.45, 2.75) is 130 Å². The SMILES string of the molecule is CCCCCCOc1cc2c(cc1OCCCCCC)c1cc(OCC(=O)NC)c(OCCCCCC)cc1c1cc(OCCCCCC)c(OCC(=O)NC)cc21. The fourth-order valence-electron chi connectivity index (χ4n) is 6.97. The van der Waals surface area contributed by atoms with Crippen LogP contribution in [0.25, 0.3) is 32.3 Å². The Morgan fingerprint density at radius 1 is 0.362 bits per heavy atom. The van der Waals surface area contributed by atoms with Gasteiger partial charge in [0.25, 0.3) is 11.8 Å². The lowest BCUT2D eigenvalue weighted by Gasteiger charge is -2.20. The molecule has 58 heavy (non-hydrogen) atoms. The summed E-state index contributed by atoms with van der Waals surface area (Å²) < 4.78 is 38.4. The van der Waals surface area contributed by atoms with Crippen LogP contribution in [0.15, 0.2) is 36.4 Å². The minimum Gasteiger partial charge on any atom is -0.490 e. The summed E-state index contributed by atoms with van der Waals surface area (Å²) in [6.45, 7) is 10.7. The van der Waals surface area contributed by atoms with Gasteiger partial charge in [-0.05, 0) is 94.4 Å². The lowest BCUT2D eigenvalue weighted by Crippen LogP contribution is -2.25. The van der Waals surface area contributed by atoms with Gasteiger partial charge < -0.3 is 39.1 Å². The molecule has 10 nitrogen and oxygen atoms in total. The molecule has 0 saturated carbocycles. The number of nitrogens with one attached hydrogen (secondary N) is 2. The quantitative estimate of drug-likeness (QED) is 0.0396. The van der Waals surface area contributed by atoms with Crippen molar-refractivity contribution in [3.63, 3.8) is 0 Å². The second-order valence-corrected chi connectivity index (χ2v) is 15.1. The third-order valence-corrected chi connectivity index (χ3v) is 10.4. The van der Waals surface area contributed by atoms with E-state index in [-0.39, 0.29) is 25.0 Å². The van der Waals surface area contributed by atoms with Crippen LogP contribution >= 0.6 is 0 Å². The van der Waals surface area contributed by atoms with Crippen molar-refractivity contribution < 1.29 is 38.0 Å². The summed E-state index contributed by atoms with van der Waals surface area (Å²) in [6, 6.07) is 12.2. The zero-order chi connectivity index (χ0) is 41.5. The van der Waals surface area contributed by atoms with E-state index in [9.17, 15) is 9.59 Å². The molecular formula is C48H70N2O8. The lowest BCUT2D eigenvalue weighted by atomic mass is 9.93. The lowest BCUT2D eigenvalue weighted by molar-refractivity contribution is -0.123. The molecule has 0 unspecified atom stereocenters. The Kier molecular flexibility index (Phi) is 20.4. The van der Waals surface area contributed by atoms with Crippen LogP contribution < -0.4 is 39.1 Å². The zero-order valence-corrected chi connectivity index (χ0v) is 36.3. The van der Waals surface area contributed by atoms with E-state index >= 15 is 0 Å². The maximum Gasteiger partial charge on any atom is 0.257 e. The molecule has 0 aliphatic carbocycles. The first-order valence-corrected chi connectivity index (χ1v) is 22.1. The summed E-state index contributed by atoms with van der Waals surface area (Å²) in [6.07, 6.45) is 17.2. The number of carbonyl (C=O) groups excluding carboxylic acids is 2. The van der Waals surface area contributed by atoms with Crippen LogP contribution in [0, 0.1) is 0 Å². The maximum absolute atomic E-state index is 12.4. The summed E-state index contributed by atoms with van der Waals surface area (Å²) in [5, 5.41) is 10.8. The molecule has 0 saturated heterocycles. The van der Waals surface area contributed by atoms with Gasteiger partial charge in [-0.15, -0.1) is 0 Å². The average molecular weight is 803 g/mol. The minimum atomic E-state index is -0.234. The summed E-state index contributed by atoms with van der Waals surface area (Å²) in [7, 11) is 3.19. The highest BCUT2D eigenvalue weighted by Gasteiger charge is 2.21. The Bertz CT molecular complexity index is 1720. The Labute approximate surface area is 347 Å². The molecule has 320 valence electrons. The normalized spacial score (nSPS) is 11.2. The molecule has 2 N–H and O–H groups in total. The maximum atomic E-state index is 12.4. The van der Waals surface area contributed by atoms with Crippen molar-refractivity contribution in [3.05, 3.63) is 36.4 Å². The van der Waals surface area contributed by atoms with Gasteiger partial charge in [0.2, 0.25) is 0 Å². The third kappa shape index (κ3) is 13.8. The molecule has 4 rings (SSSR count). The number of rotatable bonds is 30. The summed E-state index contributed by atoms with van der Waals surface area (Å²) >= 11 is 0. The first-order chi connectivity index (χ1) is 28.4. The van der Waals surface area contributed by atoms with E-state index in [2.05, 4.69) is 50.5 Å². The molecule has 0 bridgehead atoms. The van der Waals surface area contributed by atoms with Gasteiger partial charge >= 0.3 is 0 Å².